The van der Waals surface area contributed by atoms with Crippen LogP contribution in [-0.4, -0.2) is 39.5 Å². The van der Waals surface area contributed by atoms with E-state index < -0.39 is 18.3 Å². The molecular formula is C21H29Br2NO4S. The standard InChI is InChI=1S/C21H29Br2NO4S/c22-17-11-14(29-21(17)23)9-7-13(25)8-10-16-15(18(26)12-19(16)27)5-3-1-2-4-6-20(24)28/h1,3,8,10-11,13,15-16,18-19,25-27H,2,4-7,9,12H2,(H2,24,28)/b3-1+,10-8+. The van der Waals surface area contributed by atoms with E-state index >= 15 is 0 Å². The Morgan fingerprint density at radius 2 is 2.07 bits per heavy atom. The lowest BCUT2D eigenvalue weighted by Crippen LogP contribution is -2.20. The fourth-order valence-corrected chi connectivity index (χ4v) is 5.82. The van der Waals surface area contributed by atoms with Crippen LogP contribution in [0.25, 0.3) is 0 Å². The summed E-state index contributed by atoms with van der Waals surface area (Å²) in [5.74, 6) is -0.555. The molecule has 5 unspecified atom stereocenters. The van der Waals surface area contributed by atoms with Gasteiger partial charge in [0.1, 0.15) is 0 Å². The number of carbonyl (C=O) groups is 1. The van der Waals surface area contributed by atoms with Gasteiger partial charge in [-0.3, -0.25) is 4.79 Å². The van der Waals surface area contributed by atoms with E-state index in [1.54, 1.807) is 17.4 Å². The molecule has 1 aromatic heterocycles. The number of rotatable bonds is 11. The van der Waals surface area contributed by atoms with Gasteiger partial charge in [-0.1, -0.05) is 24.3 Å². The molecule has 0 saturated heterocycles. The third-order valence-corrected chi connectivity index (χ3v) is 8.54. The first-order valence-electron chi connectivity index (χ1n) is 9.87. The van der Waals surface area contributed by atoms with Gasteiger partial charge in [0.15, 0.2) is 0 Å². The number of thiophene rings is 1. The quantitative estimate of drug-likeness (QED) is 0.246. The van der Waals surface area contributed by atoms with Crippen LogP contribution < -0.4 is 5.73 Å². The molecule has 0 bridgehead atoms. The Balaban J connectivity index is 1.83. The molecule has 1 fully saturated rings. The number of nitrogens with two attached hydrogens (primary N) is 1. The summed E-state index contributed by atoms with van der Waals surface area (Å²) in [6, 6.07) is 2.05. The minimum atomic E-state index is -0.606. The fraction of sp³-hybridized carbons (Fsp3) is 0.571. The highest BCUT2D eigenvalue weighted by molar-refractivity contribution is 9.13. The second kappa shape index (κ2) is 12.4. The zero-order valence-corrected chi connectivity index (χ0v) is 20.2. The maximum atomic E-state index is 10.7. The second-order valence-electron chi connectivity index (χ2n) is 7.50. The molecule has 0 aliphatic heterocycles. The third-order valence-electron chi connectivity index (χ3n) is 5.22. The number of carbonyl (C=O) groups excluding carboxylic acids is 1. The third kappa shape index (κ3) is 8.26. The summed E-state index contributed by atoms with van der Waals surface area (Å²) in [7, 11) is 0. The van der Waals surface area contributed by atoms with Crippen LogP contribution in [0.1, 0.15) is 43.4 Å². The molecule has 5 nitrogen and oxygen atoms in total. The lowest BCUT2D eigenvalue weighted by atomic mass is 9.89. The van der Waals surface area contributed by atoms with Crippen LogP contribution >= 0.6 is 43.2 Å². The van der Waals surface area contributed by atoms with Crippen LogP contribution in [-0.2, 0) is 11.2 Å². The van der Waals surface area contributed by atoms with Gasteiger partial charge in [-0.25, -0.2) is 0 Å². The first kappa shape index (κ1) is 24.8. The highest BCUT2D eigenvalue weighted by Crippen LogP contribution is 2.36. The molecule has 5 atom stereocenters. The number of aliphatic hydroxyl groups excluding tert-OH is 3. The molecule has 0 radical (unpaired) electrons. The molecule has 1 aliphatic carbocycles. The van der Waals surface area contributed by atoms with Crippen molar-refractivity contribution in [2.45, 2.75) is 63.3 Å². The highest BCUT2D eigenvalue weighted by atomic mass is 79.9. The van der Waals surface area contributed by atoms with Gasteiger partial charge in [0.05, 0.1) is 22.1 Å². The van der Waals surface area contributed by atoms with Crippen LogP contribution in [0.5, 0.6) is 0 Å². The summed E-state index contributed by atoms with van der Waals surface area (Å²) in [6.45, 7) is 0. The Kier molecular flexibility index (Phi) is 10.6. The van der Waals surface area contributed by atoms with Crippen LogP contribution in [0.3, 0.4) is 0 Å². The molecule has 0 spiro atoms. The maximum absolute atomic E-state index is 10.7. The molecule has 1 aliphatic rings. The Bertz CT molecular complexity index is 702. The normalized spacial score (nSPS) is 26.0. The van der Waals surface area contributed by atoms with E-state index in [4.69, 9.17) is 5.73 Å². The van der Waals surface area contributed by atoms with Crippen LogP contribution in [0.2, 0.25) is 0 Å². The number of aliphatic hydroxyl groups is 3. The van der Waals surface area contributed by atoms with E-state index in [2.05, 4.69) is 31.9 Å². The van der Waals surface area contributed by atoms with Gasteiger partial charge < -0.3 is 21.1 Å². The highest BCUT2D eigenvalue weighted by Gasteiger charge is 2.39. The Hall–Kier alpha value is -0.510. The van der Waals surface area contributed by atoms with Gasteiger partial charge >= 0.3 is 0 Å². The minimum Gasteiger partial charge on any atom is -0.393 e. The summed E-state index contributed by atoms with van der Waals surface area (Å²) in [5.41, 5.74) is 5.12. The largest absolute Gasteiger partial charge is 0.393 e. The Morgan fingerprint density at radius 1 is 1.31 bits per heavy atom. The number of hydrogen-bond acceptors (Lipinski definition) is 5. The SMILES string of the molecule is NC(=O)CCC/C=C/CC1C(O)CC(O)C1/C=C/C(O)CCc1cc(Br)c(Br)s1. The number of primary amides is 1. The summed E-state index contributed by atoms with van der Waals surface area (Å²) in [6.07, 6.45) is 10.1. The van der Waals surface area contributed by atoms with Crippen molar-refractivity contribution in [2.75, 3.05) is 0 Å². The number of unbranched alkanes of at least 4 members (excludes halogenated alkanes) is 1. The van der Waals surface area contributed by atoms with Crippen molar-refractivity contribution in [3.63, 3.8) is 0 Å². The monoisotopic (exact) mass is 549 g/mol. The average molecular weight is 551 g/mol. The van der Waals surface area contributed by atoms with Crippen molar-refractivity contribution in [3.05, 3.63) is 43.5 Å². The summed E-state index contributed by atoms with van der Waals surface area (Å²) in [5, 5.41) is 30.9. The number of aryl methyl sites for hydroxylation is 1. The van der Waals surface area contributed by atoms with E-state index in [0.29, 0.717) is 32.1 Å². The molecular weight excluding hydrogens is 522 g/mol. The summed E-state index contributed by atoms with van der Waals surface area (Å²) < 4.78 is 2.07. The van der Waals surface area contributed by atoms with Gasteiger partial charge in [0.25, 0.3) is 0 Å². The minimum absolute atomic E-state index is 0.0787. The van der Waals surface area contributed by atoms with Crippen molar-refractivity contribution < 1.29 is 20.1 Å². The first-order chi connectivity index (χ1) is 13.8. The summed E-state index contributed by atoms with van der Waals surface area (Å²) in [4.78, 5) is 11.9. The molecule has 0 aromatic carbocycles. The maximum Gasteiger partial charge on any atom is 0.217 e. The Labute approximate surface area is 193 Å². The van der Waals surface area contributed by atoms with E-state index in [1.807, 2.05) is 24.3 Å². The van der Waals surface area contributed by atoms with Crippen molar-refractivity contribution in [2.24, 2.45) is 17.6 Å². The zero-order chi connectivity index (χ0) is 21.4. The summed E-state index contributed by atoms with van der Waals surface area (Å²) >= 11 is 8.59. The topological polar surface area (TPSA) is 104 Å². The number of hydrogen-bond donors (Lipinski definition) is 4. The van der Waals surface area contributed by atoms with Gasteiger partial charge in [-0.15, -0.1) is 11.3 Å². The molecule has 5 N–H and O–H groups in total. The number of allylic oxidation sites excluding steroid dienone is 2. The van der Waals surface area contributed by atoms with E-state index in [-0.39, 0.29) is 17.7 Å². The number of amides is 1. The molecule has 2 rings (SSSR count). The van der Waals surface area contributed by atoms with Gasteiger partial charge in [-0.2, -0.15) is 0 Å². The van der Waals surface area contributed by atoms with Crippen molar-refractivity contribution in [3.8, 4) is 0 Å². The van der Waals surface area contributed by atoms with E-state index in [9.17, 15) is 20.1 Å². The van der Waals surface area contributed by atoms with Crippen LogP contribution in [0.15, 0.2) is 38.6 Å². The van der Waals surface area contributed by atoms with Gasteiger partial charge in [0.2, 0.25) is 5.91 Å². The van der Waals surface area contributed by atoms with Crippen molar-refractivity contribution in [1.82, 2.24) is 0 Å². The second-order valence-corrected chi connectivity index (χ2v) is 10.8. The fourth-order valence-electron chi connectivity index (χ4n) is 3.63. The van der Waals surface area contributed by atoms with Crippen molar-refractivity contribution >= 4 is 49.1 Å². The molecule has 1 aromatic rings. The lowest BCUT2D eigenvalue weighted by Gasteiger charge is -2.19. The van der Waals surface area contributed by atoms with Crippen molar-refractivity contribution in [1.29, 1.82) is 0 Å². The molecule has 1 heterocycles. The van der Waals surface area contributed by atoms with Crippen LogP contribution in [0, 0.1) is 11.8 Å². The Morgan fingerprint density at radius 3 is 2.72 bits per heavy atom. The molecule has 8 heteroatoms. The molecule has 29 heavy (non-hydrogen) atoms. The van der Waals surface area contributed by atoms with Gasteiger partial charge in [0, 0.05) is 28.1 Å². The van der Waals surface area contributed by atoms with Gasteiger partial charge in [-0.05, 0) is 75.9 Å². The smallest absolute Gasteiger partial charge is 0.217 e. The van der Waals surface area contributed by atoms with E-state index in [0.717, 1.165) is 21.1 Å². The number of halogens is 2. The molecule has 1 amide bonds. The molecule has 162 valence electrons. The lowest BCUT2D eigenvalue weighted by molar-refractivity contribution is -0.118. The van der Waals surface area contributed by atoms with E-state index in [1.165, 1.54) is 4.88 Å². The first-order valence-corrected chi connectivity index (χ1v) is 12.3. The van der Waals surface area contributed by atoms with Crippen LogP contribution in [0.4, 0.5) is 0 Å². The zero-order valence-electron chi connectivity index (χ0n) is 16.2. The molecule has 1 saturated carbocycles. The average Bonchev–Trinajstić information content (AvgIpc) is 3.11. The predicted octanol–water partition coefficient (Wildman–Crippen LogP) is 4.08. The predicted molar refractivity (Wildman–Crippen MR) is 124 cm³/mol.